The van der Waals surface area contributed by atoms with Crippen LogP contribution in [-0.4, -0.2) is 28.0 Å². The summed E-state index contributed by atoms with van der Waals surface area (Å²) in [5.41, 5.74) is 3.22. The van der Waals surface area contributed by atoms with Gasteiger partial charge in [-0.15, -0.1) is 5.10 Å². The minimum atomic E-state index is -0.524. The molecule has 0 aliphatic carbocycles. The van der Waals surface area contributed by atoms with Crippen LogP contribution < -0.4 is 15.7 Å². The summed E-state index contributed by atoms with van der Waals surface area (Å²) in [6, 6.07) is 20.7. The molecule has 0 aliphatic rings. The van der Waals surface area contributed by atoms with Gasteiger partial charge in [0, 0.05) is 5.39 Å². The van der Waals surface area contributed by atoms with Gasteiger partial charge >= 0.3 is 5.69 Å². The first kappa shape index (κ1) is 19.8. The highest BCUT2D eigenvalue weighted by Crippen LogP contribution is 2.29. The molecule has 154 valence electrons. The van der Waals surface area contributed by atoms with Crippen LogP contribution in [0.15, 0.2) is 82.7 Å². The van der Waals surface area contributed by atoms with Gasteiger partial charge in [0.05, 0.1) is 34.9 Å². The monoisotopic (exact) mass is 415 g/mol. The second-order valence-electron chi connectivity index (χ2n) is 6.47. The molecular weight excluding hydrogens is 398 g/mol. The second kappa shape index (κ2) is 8.46. The Balaban J connectivity index is 1.77. The van der Waals surface area contributed by atoms with Crippen molar-refractivity contribution < 1.29 is 9.66 Å². The van der Waals surface area contributed by atoms with Crippen molar-refractivity contribution in [1.82, 2.24) is 9.78 Å². The lowest BCUT2D eigenvalue weighted by atomic mass is 10.2. The quantitative estimate of drug-likeness (QED) is 0.292. The Morgan fingerprint density at radius 3 is 2.45 bits per heavy atom. The van der Waals surface area contributed by atoms with Gasteiger partial charge in [-0.2, -0.15) is 9.78 Å². The lowest BCUT2D eigenvalue weighted by molar-refractivity contribution is -0.385. The number of nitro groups is 1. The summed E-state index contributed by atoms with van der Waals surface area (Å²) in [4.78, 5) is 23.8. The van der Waals surface area contributed by atoms with Crippen LogP contribution >= 0.6 is 0 Å². The van der Waals surface area contributed by atoms with E-state index in [1.807, 2.05) is 18.2 Å². The number of hydrogen-bond donors (Lipinski definition) is 1. The average Bonchev–Trinajstić information content (AvgIpc) is 2.80. The Bertz CT molecular complexity index is 1350. The maximum absolute atomic E-state index is 12.9. The lowest BCUT2D eigenvalue weighted by Crippen LogP contribution is -2.22. The smallest absolute Gasteiger partial charge is 0.319 e. The van der Waals surface area contributed by atoms with E-state index in [1.54, 1.807) is 48.5 Å². The number of hydrogen-bond acceptors (Lipinski definition) is 7. The number of ether oxygens (including phenoxy) is 1. The molecular formula is C22H17N5O4. The summed E-state index contributed by atoms with van der Waals surface area (Å²) in [6.45, 7) is 0. The van der Waals surface area contributed by atoms with E-state index in [0.29, 0.717) is 22.3 Å². The topological polar surface area (TPSA) is 112 Å². The van der Waals surface area contributed by atoms with Crippen LogP contribution in [0, 0.1) is 10.1 Å². The van der Waals surface area contributed by atoms with Crippen molar-refractivity contribution in [1.29, 1.82) is 0 Å². The van der Waals surface area contributed by atoms with E-state index in [2.05, 4.69) is 15.6 Å². The molecule has 9 nitrogen and oxygen atoms in total. The molecule has 0 unspecified atom stereocenters. The fourth-order valence-electron chi connectivity index (χ4n) is 3.18. The van der Waals surface area contributed by atoms with Crippen molar-refractivity contribution in [2.75, 3.05) is 12.5 Å². The van der Waals surface area contributed by atoms with Gasteiger partial charge in [0.1, 0.15) is 0 Å². The number of nitro benzene ring substituents is 1. The van der Waals surface area contributed by atoms with Crippen molar-refractivity contribution in [3.05, 3.63) is 98.8 Å². The molecule has 3 aromatic carbocycles. The van der Waals surface area contributed by atoms with Crippen molar-refractivity contribution >= 4 is 28.5 Å². The SMILES string of the molecule is COc1cccc(/C=N/Nc2nn(-c3ccccc3)c(=O)c3ccccc23)c1[N+](=O)[O-]. The molecule has 4 aromatic rings. The van der Waals surface area contributed by atoms with E-state index in [4.69, 9.17) is 4.74 Å². The number of methoxy groups -OCH3 is 1. The predicted octanol–water partition coefficient (Wildman–Crippen LogP) is 3.75. The van der Waals surface area contributed by atoms with Crippen molar-refractivity contribution in [3.8, 4) is 11.4 Å². The second-order valence-corrected chi connectivity index (χ2v) is 6.47. The molecule has 1 N–H and O–H groups in total. The molecule has 1 heterocycles. The van der Waals surface area contributed by atoms with Crippen LogP contribution in [0.25, 0.3) is 16.5 Å². The molecule has 31 heavy (non-hydrogen) atoms. The van der Waals surface area contributed by atoms with E-state index in [1.165, 1.54) is 24.1 Å². The normalized spacial score (nSPS) is 11.0. The predicted molar refractivity (Wildman–Crippen MR) is 118 cm³/mol. The molecule has 1 aromatic heterocycles. The zero-order chi connectivity index (χ0) is 21.8. The number of nitrogens with one attached hydrogen (secondary N) is 1. The minimum Gasteiger partial charge on any atom is -0.490 e. The van der Waals surface area contributed by atoms with E-state index in [9.17, 15) is 14.9 Å². The summed E-state index contributed by atoms with van der Waals surface area (Å²) < 4.78 is 6.36. The van der Waals surface area contributed by atoms with Crippen LogP contribution in [0.3, 0.4) is 0 Å². The molecule has 0 bridgehead atoms. The Hall–Kier alpha value is -4.53. The van der Waals surface area contributed by atoms with Gasteiger partial charge in [0.15, 0.2) is 11.6 Å². The molecule has 0 atom stereocenters. The van der Waals surface area contributed by atoms with Crippen LogP contribution in [0.5, 0.6) is 5.75 Å². The Labute approximate surface area is 176 Å². The number of aromatic nitrogens is 2. The highest BCUT2D eigenvalue weighted by Gasteiger charge is 2.19. The molecule has 9 heteroatoms. The van der Waals surface area contributed by atoms with Crippen LogP contribution in [0.2, 0.25) is 0 Å². The summed E-state index contributed by atoms with van der Waals surface area (Å²) in [6.07, 6.45) is 1.31. The zero-order valence-corrected chi connectivity index (χ0v) is 16.4. The number of benzene rings is 3. The number of anilines is 1. The summed E-state index contributed by atoms with van der Waals surface area (Å²) in [5, 5.41) is 21.0. The Morgan fingerprint density at radius 1 is 1.03 bits per heavy atom. The molecule has 0 spiro atoms. The average molecular weight is 415 g/mol. The maximum Gasteiger partial charge on any atom is 0.319 e. The first-order valence-corrected chi connectivity index (χ1v) is 9.28. The zero-order valence-electron chi connectivity index (χ0n) is 16.4. The van der Waals surface area contributed by atoms with E-state index in [-0.39, 0.29) is 22.6 Å². The first-order chi connectivity index (χ1) is 15.1. The van der Waals surface area contributed by atoms with Gasteiger partial charge in [-0.25, -0.2) is 0 Å². The van der Waals surface area contributed by atoms with Gasteiger partial charge < -0.3 is 4.74 Å². The number of rotatable bonds is 6. The third-order valence-corrected chi connectivity index (χ3v) is 4.61. The van der Waals surface area contributed by atoms with Gasteiger partial charge in [-0.3, -0.25) is 20.3 Å². The molecule has 0 amide bonds. The standard InChI is InChI=1S/C22H17N5O4/c1-31-19-13-7-8-15(20(19)27(29)30)14-23-24-21-17-11-5-6-12-18(17)22(28)26(25-21)16-9-3-2-4-10-16/h2-14H,1H3,(H,24,25)/b23-14+. The van der Waals surface area contributed by atoms with Gasteiger partial charge in [-0.1, -0.05) is 42.5 Å². The number of fused-ring (bicyclic) bond motifs is 1. The summed E-state index contributed by atoms with van der Waals surface area (Å²) >= 11 is 0. The lowest BCUT2D eigenvalue weighted by Gasteiger charge is -2.10. The molecule has 0 saturated heterocycles. The Morgan fingerprint density at radius 2 is 1.74 bits per heavy atom. The fraction of sp³-hybridized carbons (Fsp3) is 0.0455. The third-order valence-electron chi connectivity index (χ3n) is 4.61. The van der Waals surface area contributed by atoms with Gasteiger partial charge in [-0.05, 0) is 30.3 Å². The number of nitrogens with zero attached hydrogens (tertiary/aromatic N) is 4. The van der Waals surface area contributed by atoms with Crippen molar-refractivity contribution in [2.45, 2.75) is 0 Å². The molecule has 4 rings (SSSR count). The fourth-order valence-corrected chi connectivity index (χ4v) is 3.18. The van der Waals surface area contributed by atoms with Crippen molar-refractivity contribution in [2.24, 2.45) is 5.10 Å². The van der Waals surface area contributed by atoms with Crippen LogP contribution in [0.4, 0.5) is 11.5 Å². The van der Waals surface area contributed by atoms with Gasteiger partial charge in [0.25, 0.3) is 5.56 Å². The van der Waals surface area contributed by atoms with Crippen LogP contribution in [-0.2, 0) is 0 Å². The first-order valence-electron chi connectivity index (χ1n) is 9.28. The summed E-state index contributed by atoms with van der Waals surface area (Å²) in [5.74, 6) is 0.469. The Kier molecular flexibility index (Phi) is 5.39. The maximum atomic E-state index is 12.9. The van der Waals surface area contributed by atoms with Gasteiger partial charge in [0.2, 0.25) is 0 Å². The number of para-hydroxylation sites is 2. The molecule has 0 radical (unpaired) electrons. The highest BCUT2D eigenvalue weighted by atomic mass is 16.6. The van der Waals surface area contributed by atoms with Crippen molar-refractivity contribution in [3.63, 3.8) is 0 Å². The van der Waals surface area contributed by atoms with Crippen LogP contribution in [0.1, 0.15) is 5.56 Å². The number of hydrazone groups is 1. The van der Waals surface area contributed by atoms with E-state index in [0.717, 1.165) is 0 Å². The largest absolute Gasteiger partial charge is 0.490 e. The molecule has 0 fully saturated rings. The molecule has 0 aliphatic heterocycles. The minimum absolute atomic E-state index is 0.134. The molecule has 0 saturated carbocycles. The van der Waals surface area contributed by atoms with E-state index < -0.39 is 4.92 Å². The summed E-state index contributed by atoms with van der Waals surface area (Å²) in [7, 11) is 1.37. The highest BCUT2D eigenvalue weighted by molar-refractivity contribution is 5.92. The van der Waals surface area contributed by atoms with E-state index >= 15 is 0 Å². The third kappa shape index (κ3) is 3.84.